The first-order valence-electron chi connectivity index (χ1n) is 20.5. The van der Waals surface area contributed by atoms with Crippen LogP contribution in [0.5, 0.6) is 17.2 Å². The number of anilines is 2. The minimum Gasteiger partial charge on any atom is -0.506 e. The van der Waals surface area contributed by atoms with Crippen molar-refractivity contribution in [1.29, 1.82) is 0 Å². The van der Waals surface area contributed by atoms with Gasteiger partial charge in [-0.2, -0.15) is 0 Å². The third-order valence-corrected chi connectivity index (χ3v) is 10.4. The van der Waals surface area contributed by atoms with E-state index in [1.807, 2.05) is 58.2 Å². The predicted molar refractivity (Wildman–Crippen MR) is 254 cm³/mol. The van der Waals surface area contributed by atoms with E-state index in [1.165, 1.54) is 24.3 Å². The number of aromatic nitrogens is 7. The number of halogens is 3. The second kappa shape index (κ2) is 24.1. The molecule has 0 spiro atoms. The SMILES string of the molecule is CC.CC.Cc1cccc2cncnc12.Oc1c(Cl)cc(Cl)c2c(N3CCOCC3)ncnc12.Oc1c(Cl)ccc2c(N3CCOCC3)nccc12.Oc1cccc2cncnc12. The van der Waals surface area contributed by atoms with E-state index in [-0.39, 0.29) is 22.3 Å². The predicted octanol–water partition coefficient (Wildman–Crippen LogP) is 10.2. The molecule has 330 valence electrons. The Morgan fingerprint density at radius 2 is 1.11 bits per heavy atom. The quantitative estimate of drug-likeness (QED) is 0.149. The van der Waals surface area contributed by atoms with Crippen molar-refractivity contribution < 1.29 is 24.8 Å². The van der Waals surface area contributed by atoms with Gasteiger partial charge in [-0.1, -0.05) is 92.8 Å². The monoisotopic (exact) mass is 913 g/mol. The van der Waals surface area contributed by atoms with E-state index in [1.54, 1.807) is 43.0 Å². The summed E-state index contributed by atoms with van der Waals surface area (Å²) in [6.07, 6.45) is 9.59. The van der Waals surface area contributed by atoms with Gasteiger partial charge in [0.1, 0.15) is 53.2 Å². The number of aryl methyl sites for hydroxylation is 1. The maximum absolute atomic E-state index is 9.98. The molecule has 63 heavy (non-hydrogen) atoms. The fourth-order valence-corrected chi connectivity index (χ4v) is 7.25. The number of hydrogen-bond donors (Lipinski definition) is 3. The number of fused-ring (bicyclic) bond motifs is 4. The van der Waals surface area contributed by atoms with Gasteiger partial charge in [-0.25, -0.2) is 34.9 Å². The summed E-state index contributed by atoms with van der Waals surface area (Å²) >= 11 is 18.0. The van der Waals surface area contributed by atoms with Gasteiger partial charge < -0.3 is 34.6 Å². The van der Waals surface area contributed by atoms with E-state index in [9.17, 15) is 15.3 Å². The molecule has 0 bridgehead atoms. The molecule has 2 saturated heterocycles. The lowest BCUT2D eigenvalue weighted by atomic mass is 10.1. The van der Waals surface area contributed by atoms with Crippen LogP contribution in [0.3, 0.4) is 0 Å². The number of phenolic OH excluding ortho intramolecular Hbond substituents is 3. The van der Waals surface area contributed by atoms with Crippen LogP contribution < -0.4 is 9.80 Å². The fourth-order valence-electron chi connectivity index (χ4n) is 6.54. The van der Waals surface area contributed by atoms with Crippen LogP contribution in [0.4, 0.5) is 11.6 Å². The van der Waals surface area contributed by atoms with Gasteiger partial charge in [0.2, 0.25) is 0 Å². The molecule has 4 aromatic heterocycles. The minimum atomic E-state index is -0.0713. The Labute approximate surface area is 381 Å². The van der Waals surface area contributed by atoms with Gasteiger partial charge in [0, 0.05) is 66.3 Å². The molecule has 0 atom stereocenters. The topological polar surface area (TPSA) is 176 Å². The Morgan fingerprint density at radius 1 is 0.540 bits per heavy atom. The van der Waals surface area contributed by atoms with Crippen molar-refractivity contribution in [2.45, 2.75) is 34.6 Å². The molecule has 2 aliphatic heterocycles. The fraction of sp³-hybridized carbons (Fsp3) is 0.283. The first-order chi connectivity index (χ1) is 30.7. The largest absolute Gasteiger partial charge is 0.506 e. The molecular weight excluding hydrogens is 865 g/mol. The molecule has 14 nitrogen and oxygen atoms in total. The lowest BCUT2D eigenvalue weighted by molar-refractivity contribution is 0.122. The highest BCUT2D eigenvalue weighted by Gasteiger charge is 2.21. The molecule has 6 heterocycles. The maximum Gasteiger partial charge on any atom is 0.160 e. The van der Waals surface area contributed by atoms with Crippen molar-refractivity contribution in [3.8, 4) is 17.2 Å². The molecule has 0 aliphatic carbocycles. The van der Waals surface area contributed by atoms with Crippen molar-refractivity contribution in [3.63, 3.8) is 0 Å². The zero-order chi connectivity index (χ0) is 45.3. The Kier molecular flexibility index (Phi) is 18.4. The number of ether oxygens (including phenoxy) is 2. The molecule has 17 heteroatoms. The van der Waals surface area contributed by atoms with Gasteiger partial charge >= 0.3 is 0 Å². The number of phenols is 3. The van der Waals surface area contributed by atoms with Crippen LogP contribution in [0.25, 0.3) is 43.5 Å². The molecule has 0 amide bonds. The summed E-state index contributed by atoms with van der Waals surface area (Å²) in [6.45, 7) is 15.8. The van der Waals surface area contributed by atoms with E-state index < -0.39 is 0 Å². The van der Waals surface area contributed by atoms with Crippen LogP contribution in [-0.2, 0) is 9.47 Å². The molecule has 10 rings (SSSR count). The Bertz CT molecular complexity index is 2630. The second-order valence-corrected chi connectivity index (χ2v) is 14.4. The standard InChI is InChI=1S/C13H13ClN2O2.C12H11Cl2N3O2.C9H8N2.C8H6N2O.2C2H6/c14-11-2-1-10-9(12(11)17)3-4-15-13(10)16-5-7-18-8-6-16;13-7-5-8(14)11(18)10-9(7)12(16-6-15-10)17-1-3-19-4-2-17;1-7-3-2-4-8-5-10-6-11-9(7)8;11-7-3-1-2-6-4-9-5-10-8(6)7;2*1-2/h1-4,17H,5-8H2;5-6,18H,1-4H2;2-6H,1H3;1-5,11H;2*1-2H3. The zero-order valence-electron chi connectivity index (χ0n) is 35.7. The minimum absolute atomic E-state index is 0.0713. The van der Waals surface area contributed by atoms with Crippen molar-refractivity contribution >= 4 is 89.9 Å². The lowest BCUT2D eigenvalue weighted by Gasteiger charge is -2.28. The Balaban J connectivity index is 0.000000158. The smallest absolute Gasteiger partial charge is 0.160 e. The number of aromatic hydroxyl groups is 3. The number of hydrogen-bond acceptors (Lipinski definition) is 14. The zero-order valence-corrected chi connectivity index (χ0v) is 38.0. The molecule has 8 aromatic rings. The molecule has 0 saturated carbocycles. The first kappa shape index (κ1) is 48.1. The summed E-state index contributed by atoms with van der Waals surface area (Å²) in [6, 6.07) is 18.2. The molecular formula is C46H50Cl3N9O5. The van der Waals surface area contributed by atoms with Crippen molar-refractivity contribution in [3.05, 3.63) is 119 Å². The van der Waals surface area contributed by atoms with Gasteiger partial charge in [-0.3, -0.25) is 0 Å². The number of nitrogens with zero attached hydrogens (tertiary/aromatic N) is 9. The summed E-state index contributed by atoms with van der Waals surface area (Å²) in [5, 5.41) is 34.4. The molecule has 2 aliphatic rings. The molecule has 3 N–H and O–H groups in total. The van der Waals surface area contributed by atoms with Gasteiger partial charge in [0.25, 0.3) is 0 Å². The Hall–Kier alpha value is -5.90. The molecule has 2 fully saturated rings. The average molecular weight is 915 g/mol. The highest BCUT2D eigenvalue weighted by molar-refractivity contribution is 6.40. The van der Waals surface area contributed by atoms with Crippen LogP contribution in [0.15, 0.2) is 98.2 Å². The van der Waals surface area contributed by atoms with Crippen molar-refractivity contribution in [1.82, 2.24) is 34.9 Å². The summed E-state index contributed by atoms with van der Waals surface area (Å²) in [5.74, 6) is 1.82. The van der Waals surface area contributed by atoms with Gasteiger partial charge in [-0.15, -0.1) is 0 Å². The van der Waals surface area contributed by atoms with Crippen LogP contribution in [-0.4, -0.2) is 103 Å². The third kappa shape index (κ3) is 12.0. The second-order valence-electron chi connectivity index (χ2n) is 13.2. The van der Waals surface area contributed by atoms with Gasteiger partial charge in [0.05, 0.1) is 52.4 Å². The normalized spacial score (nSPS) is 13.2. The number of para-hydroxylation sites is 2. The summed E-state index contributed by atoms with van der Waals surface area (Å²) in [5.41, 5.74) is 3.21. The highest BCUT2D eigenvalue weighted by atomic mass is 35.5. The number of benzene rings is 4. The van der Waals surface area contributed by atoms with Crippen LogP contribution in [0.2, 0.25) is 15.1 Å². The summed E-state index contributed by atoms with van der Waals surface area (Å²) < 4.78 is 10.7. The van der Waals surface area contributed by atoms with E-state index >= 15 is 0 Å². The van der Waals surface area contributed by atoms with E-state index in [0.29, 0.717) is 58.7 Å². The van der Waals surface area contributed by atoms with Crippen LogP contribution in [0, 0.1) is 6.92 Å². The summed E-state index contributed by atoms with van der Waals surface area (Å²) in [4.78, 5) is 32.9. The maximum atomic E-state index is 9.98. The third-order valence-electron chi connectivity index (χ3n) is 9.49. The number of rotatable bonds is 2. The average Bonchev–Trinajstić information content (AvgIpc) is 3.34. The van der Waals surface area contributed by atoms with Crippen LogP contribution in [0.1, 0.15) is 33.3 Å². The molecule has 4 aromatic carbocycles. The van der Waals surface area contributed by atoms with Gasteiger partial charge in [0.15, 0.2) is 5.75 Å². The van der Waals surface area contributed by atoms with E-state index in [0.717, 1.165) is 59.1 Å². The van der Waals surface area contributed by atoms with Gasteiger partial charge in [-0.05, 0) is 42.8 Å². The van der Waals surface area contributed by atoms with E-state index in [4.69, 9.17) is 44.3 Å². The number of morpholine rings is 2. The molecule has 0 unspecified atom stereocenters. The first-order valence-corrected chi connectivity index (χ1v) is 21.6. The van der Waals surface area contributed by atoms with Crippen molar-refractivity contribution in [2.24, 2.45) is 0 Å². The van der Waals surface area contributed by atoms with Crippen LogP contribution >= 0.6 is 34.8 Å². The van der Waals surface area contributed by atoms with E-state index in [2.05, 4.69) is 57.7 Å². The summed E-state index contributed by atoms with van der Waals surface area (Å²) in [7, 11) is 0. The van der Waals surface area contributed by atoms with Crippen molar-refractivity contribution in [2.75, 3.05) is 62.4 Å². The lowest BCUT2D eigenvalue weighted by Crippen LogP contribution is -2.36. The molecule has 0 radical (unpaired) electrons. The highest BCUT2D eigenvalue weighted by Crippen LogP contribution is 2.40. The number of pyridine rings is 1. The Morgan fingerprint density at radius 3 is 1.73 bits per heavy atom.